The van der Waals surface area contributed by atoms with Gasteiger partial charge >= 0.3 is 0 Å². The van der Waals surface area contributed by atoms with Crippen molar-refractivity contribution >= 4 is 22.3 Å². The molecule has 1 atom stereocenters. The van der Waals surface area contributed by atoms with Crippen LogP contribution < -0.4 is 4.74 Å². The minimum Gasteiger partial charge on any atom is -0.508 e. The van der Waals surface area contributed by atoms with Crippen LogP contribution >= 0.6 is 15.9 Å². The van der Waals surface area contributed by atoms with Crippen LogP contribution in [0, 0.1) is 0 Å². The van der Waals surface area contributed by atoms with E-state index in [-0.39, 0.29) is 11.8 Å². The number of carbonyl (C=O) groups is 1. The number of carbonyl (C=O) groups excluding carboxylic acids is 1. The van der Waals surface area contributed by atoms with Crippen molar-refractivity contribution in [2.45, 2.75) is 18.9 Å². The molecular formula is C18H18BrNO3. The van der Waals surface area contributed by atoms with Crippen molar-refractivity contribution in [3.05, 3.63) is 57.6 Å². The van der Waals surface area contributed by atoms with E-state index in [0.29, 0.717) is 13.0 Å². The predicted molar refractivity (Wildman–Crippen MR) is 91.7 cm³/mol. The number of amides is 1. The van der Waals surface area contributed by atoms with Gasteiger partial charge in [0.1, 0.15) is 11.5 Å². The monoisotopic (exact) mass is 375 g/mol. The van der Waals surface area contributed by atoms with E-state index in [0.717, 1.165) is 34.2 Å². The highest BCUT2D eigenvalue weighted by atomic mass is 79.9. The maximum atomic E-state index is 11.5. The number of phenolic OH excluding ortho intramolecular Hbond substituents is 1. The topological polar surface area (TPSA) is 49.8 Å². The van der Waals surface area contributed by atoms with Crippen molar-refractivity contribution in [3.8, 4) is 11.5 Å². The molecule has 0 spiro atoms. The molecule has 0 saturated heterocycles. The summed E-state index contributed by atoms with van der Waals surface area (Å²) in [6, 6.07) is 11.2. The highest BCUT2D eigenvalue weighted by Crippen LogP contribution is 2.35. The van der Waals surface area contributed by atoms with Gasteiger partial charge in [-0.05, 0) is 59.9 Å². The van der Waals surface area contributed by atoms with Crippen LogP contribution in [-0.2, 0) is 17.6 Å². The number of hydrogen-bond donors (Lipinski definition) is 1. The number of nitrogens with zero attached hydrogens (tertiary/aromatic N) is 1. The molecule has 3 rings (SSSR count). The summed E-state index contributed by atoms with van der Waals surface area (Å²) in [6.45, 7) is 0.685. The number of methoxy groups -OCH3 is 1. The Balaban J connectivity index is 1.99. The molecule has 5 heteroatoms. The van der Waals surface area contributed by atoms with Gasteiger partial charge in [0.05, 0.1) is 13.2 Å². The Hall–Kier alpha value is -2.01. The second kappa shape index (κ2) is 6.62. The van der Waals surface area contributed by atoms with E-state index in [1.807, 2.05) is 29.2 Å². The number of rotatable bonds is 4. The highest BCUT2D eigenvalue weighted by Gasteiger charge is 2.27. The quantitative estimate of drug-likeness (QED) is 0.832. The van der Waals surface area contributed by atoms with E-state index in [4.69, 9.17) is 4.74 Å². The van der Waals surface area contributed by atoms with Gasteiger partial charge in [0, 0.05) is 11.0 Å². The van der Waals surface area contributed by atoms with Gasteiger partial charge in [-0.15, -0.1) is 0 Å². The zero-order chi connectivity index (χ0) is 16.4. The summed E-state index contributed by atoms with van der Waals surface area (Å²) < 4.78 is 6.23. The fraction of sp³-hybridized carbons (Fsp3) is 0.278. The SMILES string of the molecule is COc1ccc2c(c1)CCN(C=O)C2Cc1cc(O)ccc1Br. The van der Waals surface area contributed by atoms with Crippen LogP contribution in [0.1, 0.15) is 22.7 Å². The van der Waals surface area contributed by atoms with Crippen molar-refractivity contribution in [1.82, 2.24) is 4.90 Å². The van der Waals surface area contributed by atoms with Crippen LogP contribution in [0.15, 0.2) is 40.9 Å². The molecule has 120 valence electrons. The third kappa shape index (κ3) is 3.20. The maximum Gasteiger partial charge on any atom is 0.210 e. The van der Waals surface area contributed by atoms with Crippen molar-refractivity contribution in [2.24, 2.45) is 0 Å². The number of hydrogen-bond acceptors (Lipinski definition) is 3. The van der Waals surface area contributed by atoms with E-state index in [2.05, 4.69) is 15.9 Å². The molecule has 1 N–H and O–H groups in total. The molecule has 1 aliphatic heterocycles. The van der Waals surface area contributed by atoms with Crippen LogP contribution in [0.25, 0.3) is 0 Å². The zero-order valence-electron chi connectivity index (χ0n) is 12.8. The molecule has 0 fully saturated rings. The van der Waals surface area contributed by atoms with Crippen LogP contribution in [0.4, 0.5) is 0 Å². The average molecular weight is 376 g/mol. The second-order valence-electron chi connectivity index (χ2n) is 5.65. The lowest BCUT2D eigenvalue weighted by atomic mass is 9.89. The van der Waals surface area contributed by atoms with Gasteiger partial charge in [-0.2, -0.15) is 0 Å². The molecular weight excluding hydrogens is 358 g/mol. The number of ether oxygens (including phenoxy) is 1. The molecule has 2 aromatic carbocycles. The van der Waals surface area contributed by atoms with Gasteiger partial charge in [0.25, 0.3) is 0 Å². The largest absolute Gasteiger partial charge is 0.508 e. The minimum atomic E-state index is -0.0414. The summed E-state index contributed by atoms with van der Waals surface area (Å²) in [5, 5.41) is 9.73. The lowest BCUT2D eigenvalue weighted by Crippen LogP contribution is -2.35. The molecule has 2 aromatic rings. The first-order valence-electron chi connectivity index (χ1n) is 7.47. The molecule has 0 aliphatic carbocycles. The van der Waals surface area contributed by atoms with Gasteiger partial charge in [0.15, 0.2) is 0 Å². The van der Waals surface area contributed by atoms with Crippen molar-refractivity contribution in [3.63, 3.8) is 0 Å². The summed E-state index contributed by atoms with van der Waals surface area (Å²) in [7, 11) is 1.66. The fourth-order valence-electron chi connectivity index (χ4n) is 3.11. The summed E-state index contributed by atoms with van der Waals surface area (Å²) >= 11 is 3.52. The van der Waals surface area contributed by atoms with Crippen molar-refractivity contribution in [1.29, 1.82) is 0 Å². The van der Waals surface area contributed by atoms with Gasteiger partial charge in [-0.25, -0.2) is 0 Å². The Kier molecular flexibility index (Phi) is 4.57. The predicted octanol–water partition coefficient (Wildman–Crippen LogP) is 3.46. The summed E-state index contributed by atoms with van der Waals surface area (Å²) in [4.78, 5) is 13.3. The number of phenols is 1. The first-order valence-corrected chi connectivity index (χ1v) is 8.27. The maximum absolute atomic E-state index is 11.5. The van der Waals surface area contributed by atoms with Crippen LogP contribution in [0.3, 0.4) is 0 Å². The Labute approximate surface area is 143 Å². The molecule has 4 nitrogen and oxygen atoms in total. The number of benzene rings is 2. The Morgan fingerprint density at radius 2 is 2.17 bits per heavy atom. The molecule has 1 amide bonds. The van der Waals surface area contributed by atoms with E-state index >= 15 is 0 Å². The fourth-order valence-corrected chi connectivity index (χ4v) is 3.52. The molecule has 1 unspecified atom stereocenters. The number of fused-ring (bicyclic) bond motifs is 1. The standard InChI is InChI=1S/C18H18BrNO3/c1-23-15-3-4-16-12(9-15)6-7-20(11-21)18(16)10-13-8-14(22)2-5-17(13)19/h2-5,8-9,11,18,22H,6-7,10H2,1H3. The number of halogens is 1. The Morgan fingerprint density at radius 1 is 1.35 bits per heavy atom. The Morgan fingerprint density at radius 3 is 2.91 bits per heavy atom. The first kappa shape index (κ1) is 15.9. The van der Waals surface area contributed by atoms with Crippen LogP contribution in [-0.4, -0.2) is 30.1 Å². The van der Waals surface area contributed by atoms with Gasteiger partial charge in [-0.1, -0.05) is 22.0 Å². The summed E-state index contributed by atoms with van der Waals surface area (Å²) in [5.41, 5.74) is 3.33. The van der Waals surface area contributed by atoms with Gasteiger partial charge < -0.3 is 14.7 Å². The van der Waals surface area contributed by atoms with Gasteiger partial charge in [0.2, 0.25) is 6.41 Å². The molecule has 0 saturated carbocycles. The molecule has 1 aliphatic rings. The lowest BCUT2D eigenvalue weighted by Gasteiger charge is -2.35. The van der Waals surface area contributed by atoms with Gasteiger partial charge in [-0.3, -0.25) is 4.79 Å². The average Bonchev–Trinajstić information content (AvgIpc) is 2.57. The zero-order valence-corrected chi connectivity index (χ0v) is 14.4. The molecule has 0 bridgehead atoms. The third-order valence-corrected chi connectivity index (χ3v) is 5.10. The minimum absolute atomic E-state index is 0.0414. The molecule has 0 aromatic heterocycles. The lowest BCUT2D eigenvalue weighted by molar-refractivity contribution is -0.120. The number of aromatic hydroxyl groups is 1. The normalized spacial score (nSPS) is 16.8. The van der Waals surface area contributed by atoms with Crippen molar-refractivity contribution < 1.29 is 14.6 Å². The first-order chi connectivity index (χ1) is 11.1. The summed E-state index contributed by atoms with van der Waals surface area (Å²) in [5.74, 6) is 1.06. The Bertz CT molecular complexity index is 732. The molecule has 0 radical (unpaired) electrons. The smallest absolute Gasteiger partial charge is 0.210 e. The highest BCUT2D eigenvalue weighted by molar-refractivity contribution is 9.10. The third-order valence-electron chi connectivity index (χ3n) is 4.33. The van der Waals surface area contributed by atoms with Crippen molar-refractivity contribution in [2.75, 3.05) is 13.7 Å². The molecule has 1 heterocycles. The van der Waals surface area contributed by atoms with E-state index < -0.39 is 0 Å². The summed E-state index contributed by atoms with van der Waals surface area (Å²) in [6.07, 6.45) is 2.38. The second-order valence-corrected chi connectivity index (χ2v) is 6.51. The van der Waals surface area contributed by atoms with Crippen LogP contribution in [0.5, 0.6) is 11.5 Å². The van der Waals surface area contributed by atoms with E-state index in [1.54, 1.807) is 19.2 Å². The van der Waals surface area contributed by atoms with Crippen LogP contribution in [0.2, 0.25) is 0 Å². The molecule has 23 heavy (non-hydrogen) atoms. The van der Waals surface area contributed by atoms with E-state index in [1.165, 1.54) is 5.56 Å². The van der Waals surface area contributed by atoms with E-state index in [9.17, 15) is 9.90 Å².